The summed E-state index contributed by atoms with van der Waals surface area (Å²) >= 11 is 0. The third kappa shape index (κ3) is 10.9. The van der Waals surface area contributed by atoms with E-state index in [1.165, 1.54) is 4.90 Å². The van der Waals surface area contributed by atoms with E-state index in [0.717, 1.165) is 32.1 Å². The number of carbonyl (C=O) groups is 3. The molecule has 2 unspecified atom stereocenters. The first-order valence-corrected chi connectivity index (χ1v) is 8.64. The highest BCUT2D eigenvalue weighted by atomic mass is 16.6. The Morgan fingerprint density at radius 2 is 1.39 bits per heavy atom. The summed E-state index contributed by atoms with van der Waals surface area (Å²) in [5.41, 5.74) is 0. The first-order valence-electron chi connectivity index (χ1n) is 8.64. The summed E-state index contributed by atoms with van der Waals surface area (Å²) in [6.07, 6.45) is 5.21. The van der Waals surface area contributed by atoms with Crippen LogP contribution >= 0.6 is 0 Å². The van der Waals surface area contributed by atoms with Gasteiger partial charge < -0.3 is 9.64 Å². The van der Waals surface area contributed by atoms with Crippen LogP contribution in [0.2, 0.25) is 0 Å². The lowest BCUT2D eigenvalue weighted by molar-refractivity contribution is -0.121. The van der Waals surface area contributed by atoms with Crippen molar-refractivity contribution in [2.24, 2.45) is 11.8 Å². The zero-order chi connectivity index (χ0) is 17.8. The zero-order valence-electron chi connectivity index (χ0n) is 15.4. The molecule has 0 bridgehead atoms. The van der Waals surface area contributed by atoms with E-state index in [-0.39, 0.29) is 29.5 Å². The van der Waals surface area contributed by atoms with Gasteiger partial charge in [0.25, 0.3) is 0 Å². The number of amides is 1. The van der Waals surface area contributed by atoms with Crippen molar-refractivity contribution in [1.82, 2.24) is 4.90 Å². The van der Waals surface area contributed by atoms with E-state index in [0.29, 0.717) is 19.6 Å². The fourth-order valence-electron chi connectivity index (χ4n) is 2.06. The topological polar surface area (TPSA) is 63.7 Å². The number of hydrogen-bond acceptors (Lipinski definition) is 4. The van der Waals surface area contributed by atoms with E-state index in [9.17, 15) is 14.4 Å². The lowest BCUT2D eigenvalue weighted by Crippen LogP contribution is -2.30. The minimum absolute atomic E-state index is 0.0253. The fourth-order valence-corrected chi connectivity index (χ4v) is 2.06. The highest BCUT2D eigenvalue weighted by molar-refractivity contribution is 5.78. The zero-order valence-corrected chi connectivity index (χ0v) is 15.4. The van der Waals surface area contributed by atoms with Crippen LogP contribution in [0.4, 0.5) is 4.79 Å². The number of unbranched alkanes of at least 4 members (excludes halogenated alkanes) is 3. The van der Waals surface area contributed by atoms with Crippen molar-refractivity contribution in [3.8, 4) is 0 Å². The van der Waals surface area contributed by atoms with Crippen molar-refractivity contribution in [3.63, 3.8) is 0 Å². The summed E-state index contributed by atoms with van der Waals surface area (Å²) in [6, 6.07) is 0. The lowest BCUT2D eigenvalue weighted by Gasteiger charge is -2.18. The average molecular weight is 327 g/mol. The third-order valence-corrected chi connectivity index (χ3v) is 4.35. The van der Waals surface area contributed by atoms with Crippen LogP contribution in [0.25, 0.3) is 0 Å². The van der Waals surface area contributed by atoms with Crippen molar-refractivity contribution >= 4 is 17.7 Å². The van der Waals surface area contributed by atoms with E-state index in [2.05, 4.69) is 0 Å². The van der Waals surface area contributed by atoms with Crippen LogP contribution in [0.5, 0.6) is 0 Å². The minimum atomic E-state index is -0.328. The van der Waals surface area contributed by atoms with Crippen molar-refractivity contribution in [1.29, 1.82) is 0 Å². The van der Waals surface area contributed by atoms with Crippen molar-refractivity contribution in [2.75, 3.05) is 20.2 Å². The summed E-state index contributed by atoms with van der Waals surface area (Å²) in [7, 11) is 1.69. The lowest BCUT2D eigenvalue weighted by atomic mass is 9.99. The van der Waals surface area contributed by atoms with Crippen LogP contribution in [0, 0.1) is 11.8 Å². The second kappa shape index (κ2) is 12.1. The van der Waals surface area contributed by atoms with Crippen LogP contribution in [0.15, 0.2) is 0 Å². The van der Waals surface area contributed by atoms with Crippen molar-refractivity contribution < 1.29 is 19.1 Å². The van der Waals surface area contributed by atoms with E-state index in [4.69, 9.17) is 4.74 Å². The van der Waals surface area contributed by atoms with E-state index < -0.39 is 0 Å². The van der Waals surface area contributed by atoms with Gasteiger partial charge in [0.2, 0.25) is 0 Å². The van der Waals surface area contributed by atoms with Gasteiger partial charge in [-0.05, 0) is 33.1 Å². The molecule has 0 aromatic carbocycles. The molecular weight excluding hydrogens is 294 g/mol. The molecular formula is C18H33NO4. The highest BCUT2D eigenvalue weighted by Gasteiger charge is 2.13. The standard InChI is InChI=1S/C18H33NO4/c1-14(16(3)20)10-8-6-7-9-13-23-18(22)19(5)12-11-15(2)17(4)21/h14-15H,6-13H2,1-5H3. The molecule has 0 aliphatic heterocycles. The molecule has 134 valence electrons. The summed E-state index contributed by atoms with van der Waals surface area (Å²) in [5.74, 6) is 0.522. The Balaban J connectivity index is 3.62. The van der Waals surface area contributed by atoms with Gasteiger partial charge in [0.15, 0.2) is 0 Å². The summed E-state index contributed by atoms with van der Waals surface area (Å²) in [6.45, 7) is 8.00. The molecule has 0 fully saturated rings. The molecule has 0 spiro atoms. The van der Waals surface area contributed by atoms with Crippen molar-refractivity contribution in [3.05, 3.63) is 0 Å². The van der Waals surface area contributed by atoms with Gasteiger partial charge in [0.05, 0.1) is 6.61 Å². The van der Waals surface area contributed by atoms with Gasteiger partial charge in [-0.1, -0.05) is 33.1 Å². The second-order valence-corrected chi connectivity index (χ2v) is 6.55. The predicted octanol–water partition coefficient (Wildman–Crippen LogP) is 3.85. The minimum Gasteiger partial charge on any atom is -0.449 e. The molecule has 0 radical (unpaired) electrons. The average Bonchev–Trinajstić information content (AvgIpc) is 2.50. The highest BCUT2D eigenvalue weighted by Crippen LogP contribution is 2.11. The molecule has 0 aromatic heterocycles. The van der Waals surface area contributed by atoms with Crippen LogP contribution in [-0.2, 0) is 14.3 Å². The summed E-state index contributed by atoms with van der Waals surface area (Å²) < 4.78 is 5.21. The maximum atomic E-state index is 11.8. The molecule has 1 amide bonds. The first kappa shape index (κ1) is 21.6. The number of ether oxygens (including phenoxy) is 1. The molecule has 0 aliphatic carbocycles. The van der Waals surface area contributed by atoms with Crippen molar-refractivity contribution in [2.45, 2.75) is 66.2 Å². The molecule has 0 aromatic rings. The Labute approximate surface area is 140 Å². The third-order valence-electron chi connectivity index (χ3n) is 4.35. The molecule has 0 N–H and O–H groups in total. The maximum absolute atomic E-state index is 11.8. The summed E-state index contributed by atoms with van der Waals surface area (Å²) in [5, 5.41) is 0. The number of carbonyl (C=O) groups excluding carboxylic acids is 3. The molecule has 0 heterocycles. The molecule has 5 nitrogen and oxygen atoms in total. The van der Waals surface area contributed by atoms with Crippen LogP contribution in [-0.4, -0.2) is 42.8 Å². The van der Waals surface area contributed by atoms with E-state index in [1.54, 1.807) is 20.9 Å². The number of ketones is 2. The van der Waals surface area contributed by atoms with E-state index >= 15 is 0 Å². The van der Waals surface area contributed by atoms with Gasteiger partial charge in [-0.15, -0.1) is 0 Å². The normalized spacial score (nSPS) is 13.3. The fraction of sp³-hybridized carbons (Fsp3) is 0.833. The van der Waals surface area contributed by atoms with Gasteiger partial charge in [0.1, 0.15) is 11.6 Å². The Hall–Kier alpha value is -1.39. The van der Waals surface area contributed by atoms with Gasteiger partial charge in [-0.3, -0.25) is 9.59 Å². The van der Waals surface area contributed by atoms with Crippen LogP contribution < -0.4 is 0 Å². The number of nitrogens with zero attached hydrogens (tertiary/aromatic N) is 1. The molecule has 2 atom stereocenters. The van der Waals surface area contributed by atoms with E-state index in [1.807, 2.05) is 13.8 Å². The molecule has 0 rings (SSSR count). The SMILES string of the molecule is CC(=O)C(C)CCCCCCOC(=O)N(C)CCC(C)C(C)=O. The Kier molecular flexibility index (Phi) is 11.4. The molecule has 5 heteroatoms. The number of Topliss-reactive ketones (excluding diaryl/α,β-unsaturated/α-hetero) is 2. The van der Waals surface area contributed by atoms with Gasteiger partial charge in [0, 0.05) is 25.4 Å². The van der Waals surface area contributed by atoms with Gasteiger partial charge in [-0.2, -0.15) is 0 Å². The monoisotopic (exact) mass is 327 g/mol. The maximum Gasteiger partial charge on any atom is 0.409 e. The first-order chi connectivity index (χ1) is 10.8. The van der Waals surface area contributed by atoms with Gasteiger partial charge in [-0.25, -0.2) is 4.79 Å². The molecule has 23 heavy (non-hydrogen) atoms. The predicted molar refractivity (Wildman–Crippen MR) is 91.4 cm³/mol. The summed E-state index contributed by atoms with van der Waals surface area (Å²) in [4.78, 5) is 35.5. The second-order valence-electron chi connectivity index (χ2n) is 6.55. The smallest absolute Gasteiger partial charge is 0.409 e. The van der Waals surface area contributed by atoms with Gasteiger partial charge >= 0.3 is 6.09 Å². The molecule has 0 aliphatic rings. The number of rotatable bonds is 12. The Morgan fingerprint density at radius 1 is 0.870 bits per heavy atom. The quantitative estimate of drug-likeness (QED) is 0.511. The Morgan fingerprint density at radius 3 is 1.96 bits per heavy atom. The Bertz CT molecular complexity index is 381. The number of hydrogen-bond donors (Lipinski definition) is 0. The molecule has 0 saturated heterocycles. The largest absolute Gasteiger partial charge is 0.449 e. The van der Waals surface area contributed by atoms with Crippen LogP contribution in [0.1, 0.15) is 66.2 Å². The molecule has 0 saturated carbocycles. The van der Waals surface area contributed by atoms with Crippen LogP contribution in [0.3, 0.4) is 0 Å².